The Kier molecular flexibility index (Phi) is 6.17. The van der Waals surface area contributed by atoms with E-state index in [1.807, 2.05) is 42.5 Å². The van der Waals surface area contributed by atoms with Crippen molar-refractivity contribution in [3.63, 3.8) is 0 Å². The maximum atomic E-state index is 12.9. The van der Waals surface area contributed by atoms with Crippen LogP contribution in [0.1, 0.15) is 17.3 Å². The molecule has 9 heteroatoms. The molecule has 1 heterocycles. The van der Waals surface area contributed by atoms with Crippen LogP contribution in [0.15, 0.2) is 71.8 Å². The summed E-state index contributed by atoms with van der Waals surface area (Å²) in [5, 5.41) is 22.3. The summed E-state index contributed by atoms with van der Waals surface area (Å²) < 4.78 is 0. The van der Waals surface area contributed by atoms with Crippen LogP contribution in [0.3, 0.4) is 0 Å². The quantitative estimate of drug-likeness (QED) is 0.495. The molecule has 3 N–H and O–H groups in total. The Morgan fingerprint density at radius 1 is 1.06 bits per heavy atom. The number of H-pyrrole nitrogens is 1. The zero-order valence-corrected chi connectivity index (χ0v) is 17.0. The average Bonchev–Trinajstić information content (AvgIpc) is 2.78. The molecule has 0 saturated heterocycles. The summed E-state index contributed by atoms with van der Waals surface area (Å²) >= 11 is 0. The van der Waals surface area contributed by atoms with E-state index in [0.29, 0.717) is 5.69 Å². The smallest absolute Gasteiger partial charge is 0.344 e. The number of carbonyl (C=O) groups excluding carboxylic acids is 1. The number of aromatic nitrogens is 2. The normalized spacial score (nSPS) is 12.6. The number of amides is 1. The molecule has 0 radical (unpaired) electrons. The van der Waals surface area contributed by atoms with E-state index in [1.165, 1.54) is 23.3 Å². The molecular formula is C22H22N4O5. The van der Waals surface area contributed by atoms with E-state index in [0.717, 1.165) is 24.2 Å². The second kappa shape index (κ2) is 8.80. The summed E-state index contributed by atoms with van der Waals surface area (Å²) in [5.41, 5.74) is -0.190. The summed E-state index contributed by atoms with van der Waals surface area (Å²) in [6.07, 6.45) is 2.35. The van der Waals surface area contributed by atoms with E-state index in [1.54, 1.807) is 12.1 Å². The topological polar surface area (TPSA) is 127 Å². The molecular weight excluding hydrogens is 400 g/mol. The van der Waals surface area contributed by atoms with Crippen LogP contribution in [0.5, 0.6) is 0 Å². The fraction of sp³-hybridized carbons (Fsp3) is 0.182. The minimum atomic E-state index is -2.13. The molecule has 0 aliphatic carbocycles. The maximum absolute atomic E-state index is 12.9. The number of carbonyl (C=O) groups is 2. The standard InChI is InChI=1S/C22H22N4O5/c1-22(31,20(28)29)14-26(25(2)19(27)17-12-23-21(30)24-13-17)18-10-8-16(9-11-18)15-6-4-3-5-7-15/h3-13,31H,14H2,1-2H3,(H,28,29)(H,23,24,30). The van der Waals surface area contributed by atoms with Crippen molar-refractivity contribution in [3.8, 4) is 11.1 Å². The number of nitrogens with zero attached hydrogens (tertiary/aromatic N) is 3. The van der Waals surface area contributed by atoms with Gasteiger partial charge < -0.3 is 15.2 Å². The molecule has 0 bridgehead atoms. The number of aliphatic carboxylic acids is 1. The van der Waals surface area contributed by atoms with E-state index < -0.39 is 29.7 Å². The van der Waals surface area contributed by atoms with Crippen LogP contribution in [0, 0.1) is 0 Å². The fourth-order valence-electron chi connectivity index (χ4n) is 2.94. The van der Waals surface area contributed by atoms with Crippen molar-refractivity contribution >= 4 is 17.6 Å². The Labute approximate surface area is 178 Å². The highest BCUT2D eigenvalue weighted by atomic mass is 16.4. The Morgan fingerprint density at radius 3 is 2.23 bits per heavy atom. The van der Waals surface area contributed by atoms with Crippen molar-refractivity contribution in [1.82, 2.24) is 15.0 Å². The van der Waals surface area contributed by atoms with Crippen LogP contribution in [0.2, 0.25) is 0 Å². The van der Waals surface area contributed by atoms with Crippen LogP contribution in [0.25, 0.3) is 11.1 Å². The van der Waals surface area contributed by atoms with E-state index in [-0.39, 0.29) is 5.56 Å². The predicted octanol–water partition coefficient (Wildman–Crippen LogP) is 1.77. The van der Waals surface area contributed by atoms with E-state index in [2.05, 4.69) is 9.97 Å². The van der Waals surface area contributed by atoms with Crippen molar-refractivity contribution in [3.05, 3.63) is 83.0 Å². The van der Waals surface area contributed by atoms with Crippen LogP contribution >= 0.6 is 0 Å². The van der Waals surface area contributed by atoms with E-state index in [9.17, 15) is 24.6 Å². The first-order valence-electron chi connectivity index (χ1n) is 9.40. The van der Waals surface area contributed by atoms with Crippen LogP contribution < -0.4 is 10.7 Å². The lowest BCUT2D eigenvalue weighted by Crippen LogP contribution is -2.54. The highest BCUT2D eigenvalue weighted by Crippen LogP contribution is 2.25. The minimum absolute atomic E-state index is 0.1000. The van der Waals surface area contributed by atoms with Gasteiger partial charge >= 0.3 is 11.7 Å². The molecule has 0 spiro atoms. The molecule has 0 fully saturated rings. The molecule has 9 nitrogen and oxygen atoms in total. The van der Waals surface area contributed by atoms with Gasteiger partial charge in [-0.05, 0) is 30.2 Å². The zero-order valence-electron chi connectivity index (χ0n) is 17.0. The maximum Gasteiger partial charge on any atom is 0.344 e. The van der Waals surface area contributed by atoms with Gasteiger partial charge in [-0.2, -0.15) is 0 Å². The van der Waals surface area contributed by atoms with Gasteiger partial charge in [-0.1, -0.05) is 42.5 Å². The van der Waals surface area contributed by atoms with Gasteiger partial charge in [0.05, 0.1) is 17.8 Å². The minimum Gasteiger partial charge on any atom is -0.479 e. The number of nitrogens with one attached hydrogen (secondary N) is 1. The van der Waals surface area contributed by atoms with Crippen molar-refractivity contribution in [1.29, 1.82) is 0 Å². The number of benzene rings is 2. The first-order chi connectivity index (χ1) is 14.7. The van der Waals surface area contributed by atoms with Gasteiger partial charge in [-0.25, -0.2) is 14.6 Å². The van der Waals surface area contributed by atoms with Crippen LogP contribution in [-0.4, -0.2) is 56.3 Å². The molecule has 3 rings (SSSR count). The monoisotopic (exact) mass is 422 g/mol. The van der Waals surface area contributed by atoms with Crippen LogP contribution in [0.4, 0.5) is 5.69 Å². The van der Waals surface area contributed by atoms with Gasteiger partial charge in [-0.3, -0.25) is 14.8 Å². The molecule has 3 aromatic rings. The third-order valence-electron chi connectivity index (χ3n) is 4.77. The molecule has 31 heavy (non-hydrogen) atoms. The van der Waals surface area contributed by atoms with Gasteiger partial charge in [0.2, 0.25) is 0 Å². The summed E-state index contributed by atoms with van der Waals surface area (Å²) in [6.45, 7) is 0.757. The number of hydrogen-bond acceptors (Lipinski definition) is 6. The third-order valence-corrected chi connectivity index (χ3v) is 4.77. The summed E-state index contributed by atoms with van der Waals surface area (Å²) in [7, 11) is 1.44. The van der Waals surface area contributed by atoms with Crippen molar-refractivity contribution in [2.45, 2.75) is 12.5 Å². The first-order valence-corrected chi connectivity index (χ1v) is 9.40. The van der Waals surface area contributed by atoms with Gasteiger partial charge in [0.25, 0.3) is 5.91 Å². The van der Waals surface area contributed by atoms with Gasteiger partial charge in [0.15, 0.2) is 5.60 Å². The Morgan fingerprint density at radius 2 is 1.68 bits per heavy atom. The number of aliphatic hydroxyl groups is 1. The predicted molar refractivity (Wildman–Crippen MR) is 114 cm³/mol. The lowest BCUT2D eigenvalue weighted by molar-refractivity contribution is -0.155. The Balaban J connectivity index is 1.95. The lowest BCUT2D eigenvalue weighted by Gasteiger charge is -2.37. The fourth-order valence-corrected chi connectivity index (χ4v) is 2.94. The number of carboxylic acids is 1. The molecule has 1 unspecified atom stereocenters. The van der Waals surface area contributed by atoms with E-state index in [4.69, 9.17) is 0 Å². The van der Waals surface area contributed by atoms with Gasteiger partial charge in [0.1, 0.15) is 0 Å². The number of hydrogen-bond donors (Lipinski definition) is 3. The highest BCUT2D eigenvalue weighted by Gasteiger charge is 2.35. The van der Waals surface area contributed by atoms with E-state index >= 15 is 0 Å². The first kappa shape index (κ1) is 21.7. The second-order valence-electron chi connectivity index (χ2n) is 7.19. The number of anilines is 1. The van der Waals surface area contributed by atoms with Crippen molar-refractivity contribution < 1.29 is 19.8 Å². The van der Waals surface area contributed by atoms with Crippen molar-refractivity contribution in [2.24, 2.45) is 0 Å². The van der Waals surface area contributed by atoms with Crippen LogP contribution in [-0.2, 0) is 4.79 Å². The number of hydrazine groups is 1. The molecule has 1 amide bonds. The summed E-state index contributed by atoms with van der Waals surface area (Å²) in [4.78, 5) is 41.5. The molecule has 0 saturated carbocycles. The Hall–Kier alpha value is -3.98. The SMILES string of the molecule is CN(C(=O)c1cnc(=O)[nH]c1)N(CC(C)(O)C(=O)O)c1ccc(-c2ccccc2)cc1. The molecule has 1 aromatic heterocycles. The van der Waals surface area contributed by atoms with Crippen molar-refractivity contribution in [2.75, 3.05) is 18.6 Å². The third kappa shape index (κ3) is 4.96. The molecule has 160 valence electrons. The number of carboxylic acid groups (broad SMARTS) is 1. The number of rotatable bonds is 7. The molecule has 1 atom stereocenters. The average molecular weight is 422 g/mol. The second-order valence-corrected chi connectivity index (χ2v) is 7.19. The number of aromatic amines is 1. The van der Waals surface area contributed by atoms with Gasteiger partial charge in [0, 0.05) is 19.4 Å². The highest BCUT2D eigenvalue weighted by molar-refractivity contribution is 5.94. The Bertz CT molecular complexity index is 1110. The zero-order chi connectivity index (χ0) is 22.6. The summed E-state index contributed by atoms with van der Waals surface area (Å²) in [5.74, 6) is -1.97. The lowest BCUT2D eigenvalue weighted by atomic mass is 10.0. The largest absolute Gasteiger partial charge is 0.479 e. The molecule has 2 aromatic carbocycles. The molecule has 0 aliphatic rings. The van der Waals surface area contributed by atoms with Gasteiger partial charge in [-0.15, -0.1) is 0 Å². The molecule has 0 aliphatic heterocycles. The summed E-state index contributed by atoms with van der Waals surface area (Å²) in [6, 6.07) is 16.8.